The number of anilines is 1. The highest BCUT2D eigenvalue weighted by molar-refractivity contribution is 9.10. The summed E-state index contributed by atoms with van der Waals surface area (Å²) < 4.78 is 1.10. The van der Waals surface area contributed by atoms with Gasteiger partial charge in [-0.25, -0.2) is 0 Å². The second kappa shape index (κ2) is 5.23. The molecule has 15 heavy (non-hydrogen) atoms. The molecule has 4 heteroatoms. The minimum absolute atomic E-state index is 0.680. The van der Waals surface area contributed by atoms with Crippen LogP contribution in [0.15, 0.2) is 27.6 Å². The van der Waals surface area contributed by atoms with Crippen molar-refractivity contribution in [2.24, 2.45) is 0 Å². The standard InChI is InChI=1S/C11H15BrN2S/c12-10-6-8(13)3-4-11(10)15-7-9-2-1-5-14-9/h3-4,6,9,14H,1-2,5,7,13H2/t9-/m0/s1. The van der Waals surface area contributed by atoms with Crippen LogP contribution in [0, 0.1) is 0 Å². The van der Waals surface area contributed by atoms with Crippen LogP contribution >= 0.6 is 27.7 Å². The first kappa shape index (κ1) is 11.3. The van der Waals surface area contributed by atoms with E-state index in [1.165, 1.54) is 24.3 Å². The summed E-state index contributed by atoms with van der Waals surface area (Å²) in [5.74, 6) is 1.14. The van der Waals surface area contributed by atoms with Crippen molar-refractivity contribution in [3.63, 3.8) is 0 Å². The highest BCUT2D eigenvalue weighted by atomic mass is 79.9. The molecule has 0 aliphatic carbocycles. The molecule has 0 spiro atoms. The van der Waals surface area contributed by atoms with Gasteiger partial charge >= 0.3 is 0 Å². The Labute approximate surface area is 103 Å². The predicted octanol–water partition coefficient (Wildman–Crippen LogP) is 2.88. The molecule has 0 saturated carbocycles. The molecular formula is C11H15BrN2S. The molecule has 0 amide bonds. The first-order valence-electron chi connectivity index (χ1n) is 5.17. The van der Waals surface area contributed by atoms with E-state index >= 15 is 0 Å². The third-order valence-corrected chi connectivity index (χ3v) is 4.71. The summed E-state index contributed by atoms with van der Waals surface area (Å²) in [5.41, 5.74) is 6.50. The van der Waals surface area contributed by atoms with Gasteiger partial charge in [-0.2, -0.15) is 0 Å². The predicted molar refractivity (Wildman–Crippen MR) is 70.3 cm³/mol. The van der Waals surface area contributed by atoms with E-state index in [2.05, 4.69) is 27.3 Å². The Morgan fingerprint density at radius 3 is 3.07 bits per heavy atom. The van der Waals surface area contributed by atoms with Gasteiger partial charge in [0.2, 0.25) is 0 Å². The van der Waals surface area contributed by atoms with Crippen LogP contribution in [-0.2, 0) is 0 Å². The molecule has 0 radical (unpaired) electrons. The number of hydrogen-bond donors (Lipinski definition) is 2. The normalized spacial score (nSPS) is 20.7. The smallest absolute Gasteiger partial charge is 0.0331 e. The van der Waals surface area contributed by atoms with Crippen LogP contribution in [0.25, 0.3) is 0 Å². The van der Waals surface area contributed by atoms with Crippen LogP contribution in [0.4, 0.5) is 5.69 Å². The van der Waals surface area contributed by atoms with Crippen molar-refractivity contribution in [1.29, 1.82) is 0 Å². The van der Waals surface area contributed by atoms with Crippen molar-refractivity contribution in [1.82, 2.24) is 5.32 Å². The molecule has 0 unspecified atom stereocenters. The monoisotopic (exact) mass is 286 g/mol. The molecule has 1 aliphatic heterocycles. The van der Waals surface area contributed by atoms with E-state index in [1.54, 1.807) is 0 Å². The van der Waals surface area contributed by atoms with Crippen molar-refractivity contribution in [3.05, 3.63) is 22.7 Å². The highest BCUT2D eigenvalue weighted by Gasteiger charge is 2.14. The van der Waals surface area contributed by atoms with Crippen molar-refractivity contribution in [2.75, 3.05) is 18.0 Å². The fourth-order valence-electron chi connectivity index (χ4n) is 1.72. The number of nitrogen functional groups attached to an aromatic ring is 1. The van der Waals surface area contributed by atoms with Gasteiger partial charge in [0, 0.05) is 26.9 Å². The van der Waals surface area contributed by atoms with Crippen molar-refractivity contribution in [3.8, 4) is 0 Å². The lowest BCUT2D eigenvalue weighted by Crippen LogP contribution is -2.23. The molecule has 0 bridgehead atoms. The van der Waals surface area contributed by atoms with E-state index in [0.29, 0.717) is 6.04 Å². The van der Waals surface area contributed by atoms with E-state index in [-0.39, 0.29) is 0 Å². The Hall–Kier alpha value is -0.190. The number of halogens is 1. The van der Waals surface area contributed by atoms with Gasteiger partial charge in [-0.15, -0.1) is 11.8 Å². The SMILES string of the molecule is Nc1ccc(SC[C@@H]2CCCN2)c(Br)c1. The first-order chi connectivity index (χ1) is 7.25. The topological polar surface area (TPSA) is 38.0 Å². The zero-order valence-corrected chi connectivity index (χ0v) is 10.9. The Morgan fingerprint density at radius 2 is 2.40 bits per heavy atom. The minimum atomic E-state index is 0.680. The van der Waals surface area contributed by atoms with E-state index in [4.69, 9.17) is 5.73 Å². The van der Waals surface area contributed by atoms with Crippen LogP contribution < -0.4 is 11.1 Å². The molecule has 1 aromatic rings. The Balaban J connectivity index is 1.92. The van der Waals surface area contributed by atoms with Gasteiger partial charge in [0.05, 0.1) is 0 Å². The molecule has 2 nitrogen and oxygen atoms in total. The minimum Gasteiger partial charge on any atom is -0.399 e. The van der Waals surface area contributed by atoms with Crippen LogP contribution in [0.5, 0.6) is 0 Å². The summed E-state index contributed by atoms with van der Waals surface area (Å²) in [6.07, 6.45) is 2.62. The summed E-state index contributed by atoms with van der Waals surface area (Å²) in [6.45, 7) is 1.17. The molecular weight excluding hydrogens is 272 g/mol. The number of rotatable bonds is 3. The van der Waals surface area contributed by atoms with Crippen LogP contribution in [0.2, 0.25) is 0 Å². The highest BCUT2D eigenvalue weighted by Crippen LogP contribution is 2.30. The lowest BCUT2D eigenvalue weighted by molar-refractivity contribution is 0.674. The van der Waals surface area contributed by atoms with E-state index in [9.17, 15) is 0 Å². The molecule has 1 aromatic carbocycles. The summed E-state index contributed by atoms with van der Waals surface area (Å²) in [5, 5.41) is 3.50. The number of nitrogens with two attached hydrogens (primary N) is 1. The third kappa shape index (κ3) is 3.13. The Morgan fingerprint density at radius 1 is 1.53 bits per heavy atom. The fraction of sp³-hybridized carbons (Fsp3) is 0.455. The summed E-state index contributed by atoms with van der Waals surface area (Å²) in [4.78, 5) is 1.28. The molecule has 3 N–H and O–H groups in total. The molecule has 1 saturated heterocycles. The summed E-state index contributed by atoms with van der Waals surface area (Å²) in [7, 11) is 0. The van der Waals surface area contributed by atoms with E-state index in [0.717, 1.165) is 15.9 Å². The van der Waals surface area contributed by atoms with Crippen LogP contribution in [0.3, 0.4) is 0 Å². The maximum Gasteiger partial charge on any atom is 0.0331 e. The Kier molecular flexibility index (Phi) is 3.94. The van der Waals surface area contributed by atoms with Crippen molar-refractivity contribution < 1.29 is 0 Å². The average molecular weight is 287 g/mol. The molecule has 82 valence electrons. The number of benzene rings is 1. The van der Waals surface area contributed by atoms with Gasteiger partial charge in [0.1, 0.15) is 0 Å². The summed E-state index contributed by atoms with van der Waals surface area (Å²) >= 11 is 5.42. The second-order valence-electron chi connectivity index (χ2n) is 3.79. The fourth-order valence-corrected chi connectivity index (χ4v) is 3.49. The quantitative estimate of drug-likeness (QED) is 0.663. The van der Waals surface area contributed by atoms with Crippen LogP contribution in [-0.4, -0.2) is 18.3 Å². The van der Waals surface area contributed by atoms with E-state index < -0.39 is 0 Å². The second-order valence-corrected chi connectivity index (χ2v) is 5.71. The number of thioether (sulfide) groups is 1. The third-order valence-electron chi connectivity index (χ3n) is 2.56. The lowest BCUT2D eigenvalue weighted by Gasteiger charge is -2.10. The van der Waals surface area contributed by atoms with Gasteiger partial charge in [-0.1, -0.05) is 0 Å². The van der Waals surface area contributed by atoms with Gasteiger partial charge in [-0.3, -0.25) is 0 Å². The molecule has 2 rings (SSSR count). The van der Waals surface area contributed by atoms with Crippen molar-refractivity contribution in [2.45, 2.75) is 23.8 Å². The van der Waals surface area contributed by atoms with Crippen LogP contribution in [0.1, 0.15) is 12.8 Å². The number of hydrogen-bond acceptors (Lipinski definition) is 3. The molecule has 0 aromatic heterocycles. The maximum absolute atomic E-state index is 5.69. The van der Waals surface area contributed by atoms with Gasteiger partial charge in [-0.05, 0) is 53.5 Å². The average Bonchev–Trinajstić information content (AvgIpc) is 2.69. The lowest BCUT2D eigenvalue weighted by atomic mass is 10.3. The largest absolute Gasteiger partial charge is 0.399 e. The maximum atomic E-state index is 5.69. The molecule has 1 heterocycles. The number of nitrogens with one attached hydrogen (secondary N) is 1. The zero-order valence-electron chi connectivity index (χ0n) is 8.50. The molecule has 1 atom stereocenters. The van der Waals surface area contributed by atoms with Gasteiger partial charge in [0.15, 0.2) is 0 Å². The molecule has 1 aliphatic rings. The van der Waals surface area contributed by atoms with Crippen molar-refractivity contribution >= 4 is 33.4 Å². The van der Waals surface area contributed by atoms with Gasteiger partial charge < -0.3 is 11.1 Å². The van der Waals surface area contributed by atoms with Gasteiger partial charge in [0.25, 0.3) is 0 Å². The zero-order chi connectivity index (χ0) is 10.7. The Bertz CT molecular complexity index is 337. The first-order valence-corrected chi connectivity index (χ1v) is 6.95. The van der Waals surface area contributed by atoms with E-state index in [1.807, 2.05) is 23.9 Å². The summed E-state index contributed by atoms with van der Waals surface area (Å²) in [6, 6.07) is 6.68. The molecule has 1 fully saturated rings.